The Morgan fingerprint density at radius 2 is 1.96 bits per heavy atom. The van der Waals surface area contributed by atoms with Crippen LogP contribution in [-0.4, -0.2) is 72.8 Å². The molecule has 4 rings (SSSR count). The highest BCUT2D eigenvalue weighted by Crippen LogP contribution is 2.40. The van der Waals surface area contributed by atoms with Crippen LogP contribution in [0.25, 0.3) is 0 Å². The Morgan fingerprint density at radius 3 is 2.69 bits per heavy atom. The maximum absolute atomic E-state index is 12.4. The van der Waals surface area contributed by atoms with Gasteiger partial charge in [-0.05, 0) is 55.5 Å². The lowest BCUT2D eigenvalue weighted by atomic mass is 9.72. The maximum atomic E-state index is 12.4. The first-order valence-corrected chi connectivity index (χ1v) is 9.81. The van der Waals surface area contributed by atoms with E-state index in [1.807, 2.05) is 12.1 Å². The molecule has 4 heterocycles. The first kappa shape index (κ1) is 17.9. The third-order valence-electron chi connectivity index (χ3n) is 6.13. The Labute approximate surface area is 155 Å². The third kappa shape index (κ3) is 4.24. The van der Waals surface area contributed by atoms with E-state index in [1.165, 1.54) is 12.8 Å². The van der Waals surface area contributed by atoms with Crippen molar-refractivity contribution in [2.24, 2.45) is 5.41 Å². The molecule has 3 aliphatic heterocycles. The summed E-state index contributed by atoms with van der Waals surface area (Å²) in [6, 6.07) is 4.01. The fourth-order valence-electron chi connectivity index (χ4n) is 4.50. The van der Waals surface area contributed by atoms with Crippen LogP contribution in [0.4, 0.5) is 0 Å². The summed E-state index contributed by atoms with van der Waals surface area (Å²) in [5.74, 6) is 0.294. The molecule has 0 unspecified atom stereocenters. The minimum Gasteiger partial charge on any atom is -0.376 e. The highest BCUT2D eigenvalue weighted by atomic mass is 16.6. The lowest BCUT2D eigenvalue weighted by Gasteiger charge is -2.48. The molecule has 0 aliphatic carbocycles. The summed E-state index contributed by atoms with van der Waals surface area (Å²) >= 11 is 0. The van der Waals surface area contributed by atoms with Crippen LogP contribution in [0.2, 0.25) is 0 Å². The average molecular weight is 359 g/mol. The summed E-state index contributed by atoms with van der Waals surface area (Å²) in [7, 11) is 0. The highest BCUT2D eigenvalue weighted by Gasteiger charge is 2.41. The van der Waals surface area contributed by atoms with Gasteiger partial charge >= 0.3 is 0 Å². The largest absolute Gasteiger partial charge is 0.376 e. The van der Waals surface area contributed by atoms with Crippen molar-refractivity contribution >= 4 is 5.91 Å². The lowest BCUT2D eigenvalue weighted by molar-refractivity contribution is -0.140. The predicted molar refractivity (Wildman–Crippen MR) is 97.6 cm³/mol. The van der Waals surface area contributed by atoms with Crippen LogP contribution >= 0.6 is 0 Å². The number of ether oxygens (including phenoxy) is 2. The molecule has 3 fully saturated rings. The zero-order chi connectivity index (χ0) is 17.8. The van der Waals surface area contributed by atoms with Gasteiger partial charge in [0.05, 0.1) is 25.9 Å². The molecule has 1 amide bonds. The molecule has 6 heteroatoms. The number of pyridine rings is 1. The number of piperidine rings is 2. The Morgan fingerprint density at radius 1 is 1.15 bits per heavy atom. The quantitative estimate of drug-likeness (QED) is 0.819. The van der Waals surface area contributed by atoms with Gasteiger partial charge in [-0.25, -0.2) is 0 Å². The monoisotopic (exact) mass is 359 g/mol. The van der Waals surface area contributed by atoms with Gasteiger partial charge in [-0.1, -0.05) is 0 Å². The zero-order valence-electron chi connectivity index (χ0n) is 15.4. The molecule has 1 aromatic rings. The molecular formula is C20H29N3O3. The predicted octanol–water partition coefficient (Wildman–Crippen LogP) is 1.70. The SMILES string of the molecule is O=C1CCC2(CCN(C[C@@H]3COCCO3)CC2)CN1Cc1ccncc1. The molecule has 0 bridgehead atoms. The summed E-state index contributed by atoms with van der Waals surface area (Å²) in [6.45, 7) is 6.92. The smallest absolute Gasteiger partial charge is 0.222 e. The van der Waals surface area contributed by atoms with Gasteiger partial charge in [0.1, 0.15) is 0 Å². The van der Waals surface area contributed by atoms with E-state index >= 15 is 0 Å². The number of rotatable bonds is 4. The average Bonchev–Trinajstić information content (AvgIpc) is 2.69. The van der Waals surface area contributed by atoms with Crippen molar-refractivity contribution in [1.29, 1.82) is 0 Å². The van der Waals surface area contributed by atoms with E-state index in [2.05, 4.69) is 14.8 Å². The Hall–Kier alpha value is -1.50. The molecule has 3 saturated heterocycles. The molecular weight excluding hydrogens is 330 g/mol. The van der Waals surface area contributed by atoms with Crippen molar-refractivity contribution in [3.8, 4) is 0 Å². The topological polar surface area (TPSA) is 54.9 Å². The van der Waals surface area contributed by atoms with E-state index in [1.54, 1.807) is 12.4 Å². The summed E-state index contributed by atoms with van der Waals surface area (Å²) in [6.07, 6.45) is 7.88. The van der Waals surface area contributed by atoms with Crippen LogP contribution in [-0.2, 0) is 20.8 Å². The zero-order valence-corrected chi connectivity index (χ0v) is 15.4. The second-order valence-electron chi connectivity index (χ2n) is 7.97. The third-order valence-corrected chi connectivity index (χ3v) is 6.13. The molecule has 142 valence electrons. The van der Waals surface area contributed by atoms with Gasteiger partial charge in [-0.3, -0.25) is 9.78 Å². The Kier molecular flexibility index (Phi) is 5.52. The van der Waals surface area contributed by atoms with Crippen molar-refractivity contribution < 1.29 is 14.3 Å². The number of hydrogen-bond acceptors (Lipinski definition) is 5. The molecule has 3 aliphatic rings. The molecule has 6 nitrogen and oxygen atoms in total. The number of carbonyl (C=O) groups excluding carboxylic acids is 1. The minimum absolute atomic E-state index is 0.217. The number of carbonyl (C=O) groups is 1. The molecule has 1 aromatic heterocycles. The fourth-order valence-corrected chi connectivity index (χ4v) is 4.50. The van der Waals surface area contributed by atoms with Gasteiger partial charge in [0, 0.05) is 38.4 Å². The Balaban J connectivity index is 1.32. The van der Waals surface area contributed by atoms with Crippen LogP contribution < -0.4 is 0 Å². The highest BCUT2D eigenvalue weighted by molar-refractivity contribution is 5.77. The van der Waals surface area contributed by atoms with Gasteiger partial charge in [-0.2, -0.15) is 0 Å². The fraction of sp³-hybridized carbons (Fsp3) is 0.700. The lowest BCUT2D eigenvalue weighted by Crippen LogP contribution is -2.52. The summed E-state index contributed by atoms with van der Waals surface area (Å²) in [4.78, 5) is 21.1. The van der Waals surface area contributed by atoms with Crippen LogP contribution in [0, 0.1) is 5.41 Å². The van der Waals surface area contributed by atoms with Crippen LogP contribution in [0.1, 0.15) is 31.2 Å². The van der Waals surface area contributed by atoms with E-state index in [0.29, 0.717) is 30.9 Å². The van der Waals surface area contributed by atoms with Crippen LogP contribution in [0.3, 0.4) is 0 Å². The molecule has 0 aromatic carbocycles. The first-order valence-electron chi connectivity index (χ1n) is 9.81. The number of likely N-dealkylation sites (tertiary alicyclic amines) is 2. The van der Waals surface area contributed by atoms with Gasteiger partial charge in [-0.15, -0.1) is 0 Å². The number of amides is 1. The molecule has 26 heavy (non-hydrogen) atoms. The molecule has 0 N–H and O–H groups in total. The Bertz CT molecular complexity index is 596. The molecule has 1 atom stereocenters. The minimum atomic E-state index is 0.217. The maximum Gasteiger partial charge on any atom is 0.222 e. The second kappa shape index (κ2) is 8.03. The normalized spacial score (nSPS) is 27.0. The van der Waals surface area contributed by atoms with Crippen LogP contribution in [0.5, 0.6) is 0 Å². The van der Waals surface area contributed by atoms with E-state index in [9.17, 15) is 4.79 Å². The second-order valence-corrected chi connectivity index (χ2v) is 7.97. The van der Waals surface area contributed by atoms with Gasteiger partial charge in [0.25, 0.3) is 0 Å². The number of nitrogens with zero attached hydrogens (tertiary/aromatic N) is 3. The van der Waals surface area contributed by atoms with Crippen molar-refractivity contribution in [3.63, 3.8) is 0 Å². The van der Waals surface area contributed by atoms with E-state index < -0.39 is 0 Å². The van der Waals surface area contributed by atoms with E-state index in [-0.39, 0.29) is 6.10 Å². The van der Waals surface area contributed by atoms with Gasteiger partial charge in [0.15, 0.2) is 0 Å². The van der Waals surface area contributed by atoms with E-state index in [4.69, 9.17) is 9.47 Å². The summed E-state index contributed by atoms with van der Waals surface area (Å²) in [5.41, 5.74) is 1.46. The standard InChI is InChI=1S/C20H29N3O3/c24-19-1-4-20(16-23(19)13-17-2-7-21-8-3-17)5-9-22(10-6-20)14-18-15-25-11-12-26-18/h2-3,7-8,18H,1,4-6,9-16H2/t18-/m1/s1. The molecule has 1 spiro atoms. The van der Waals surface area contributed by atoms with E-state index in [0.717, 1.165) is 51.4 Å². The van der Waals surface area contributed by atoms with Gasteiger partial charge < -0.3 is 19.3 Å². The summed E-state index contributed by atoms with van der Waals surface area (Å²) in [5, 5.41) is 0. The first-order chi connectivity index (χ1) is 12.7. The summed E-state index contributed by atoms with van der Waals surface area (Å²) < 4.78 is 11.3. The number of aromatic nitrogens is 1. The number of hydrogen-bond donors (Lipinski definition) is 0. The molecule has 0 saturated carbocycles. The van der Waals surface area contributed by atoms with Crippen LogP contribution in [0.15, 0.2) is 24.5 Å². The van der Waals surface area contributed by atoms with Crippen molar-refractivity contribution in [1.82, 2.24) is 14.8 Å². The van der Waals surface area contributed by atoms with Crippen molar-refractivity contribution in [2.75, 3.05) is 46.0 Å². The molecule has 0 radical (unpaired) electrons. The van der Waals surface area contributed by atoms with Gasteiger partial charge in [0.2, 0.25) is 5.91 Å². The van der Waals surface area contributed by atoms with Crippen molar-refractivity contribution in [2.45, 2.75) is 38.3 Å². The van der Waals surface area contributed by atoms with Crippen molar-refractivity contribution in [3.05, 3.63) is 30.1 Å².